The normalized spacial score (nSPS) is 11.6. The molecule has 0 amide bonds. The van der Waals surface area contributed by atoms with Crippen LogP contribution >= 0.6 is 0 Å². The van der Waals surface area contributed by atoms with Crippen LogP contribution in [-0.2, 0) is 0 Å². The number of para-hydroxylation sites is 4. The van der Waals surface area contributed by atoms with Crippen molar-refractivity contribution in [3.8, 4) is 56.7 Å². The van der Waals surface area contributed by atoms with E-state index in [9.17, 15) is 0 Å². The van der Waals surface area contributed by atoms with Crippen molar-refractivity contribution in [3.63, 3.8) is 0 Å². The van der Waals surface area contributed by atoms with Crippen molar-refractivity contribution in [2.24, 2.45) is 0 Å². The summed E-state index contributed by atoms with van der Waals surface area (Å²) < 4.78 is 4.73. The number of hydrogen-bond acceptors (Lipinski definition) is 3. The van der Waals surface area contributed by atoms with Crippen molar-refractivity contribution in [2.75, 3.05) is 0 Å². The Morgan fingerprint density at radius 3 is 1.39 bits per heavy atom. The molecule has 5 heteroatoms. The Hall–Kier alpha value is -7.63. The number of hydrogen-bond donors (Lipinski definition) is 0. The summed E-state index contributed by atoms with van der Waals surface area (Å²) in [5, 5.41) is 4.88. The lowest BCUT2D eigenvalue weighted by atomic mass is 10.0. The topological polar surface area (TPSA) is 48.5 Å². The Bertz CT molecular complexity index is 3140. The van der Waals surface area contributed by atoms with E-state index in [1.165, 1.54) is 32.6 Å². The molecule has 0 aliphatic rings. The summed E-state index contributed by atoms with van der Waals surface area (Å²) in [4.78, 5) is 15.2. The molecular weight excluding hydrogens is 683 g/mol. The molecule has 262 valence electrons. The molecule has 0 spiro atoms. The molecule has 0 fully saturated rings. The molecule has 56 heavy (non-hydrogen) atoms. The molecule has 0 radical (unpaired) electrons. The van der Waals surface area contributed by atoms with Gasteiger partial charge in [-0.2, -0.15) is 0 Å². The quantitative estimate of drug-likeness (QED) is 0.172. The third-order valence-corrected chi connectivity index (χ3v) is 10.8. The summed E-state index contributed by atoms with van der Waals surface area (Å²) in [5.74, 6) is 1.90. The maximum Gasteiger partial charge on any atom is 0.166 e. The van der Waals surface area contributed by atoms with E-state index < -0.39 is 0 Å². The summed E-state index contributed by atoms with van der Waals surface area (Å²) >= 11 is 0. The zero-order chi connectivity index (χ0) is 37.0. The third kappa shape index (κ3) is 5.21. The lowest BCUT2D eigenvalue weighted by molar-refractivity contribution is 1.06. The Morgan fingerprint density at radius 1 is 0.286 bits per heavy atom. The number of fused-ring (bicyclic) bond motifs is 6. The number of nitrogens with zero attached hydrogens (tertiary/aromatic N) is 5. The molecule has 0 bridgehead atoms. The minimum Gasteiger partial charge on any atom is -0.309 e. The molecule has 0 unspecified atom stereocenters. The first-order valence-corrected chi connectivity index (χ1v) is 18.9. The van der Waals surface area contributed by atoms with Crippen LogP contribution in [0.25, 0.3) is 100 Å². The molecule has 0 N–H and O–H groups in total. The van der Waals surface area contributed by atoms with Gasteiger partial charge in [0.2, 0.25) is 0 Å². The van der Waals surface area contributed by atoms with E-state index in [2.05, 4.69) is 149 Å². The fourth-order valence-corrected chi connectivity index (χ4v) is 8.22. The van der Waals surface area contributed by atoms with E-state index in [4.69, 9.17) is 15.0 Å². The van der Waals surface area contributed by atoms with Crippen LogP contribution in [0, 0.1) is 0 Å². The first-order chi connectivity index (χ1) is 27.8. The molecule has 0 atom stereocenters. The first kappa shape index (κ1) is 31.9. The average Bonchev–Trinajstić information content (AvgIpc) is 3.79. The van der Waals surface area contributed by atoms with E-state index in [1.54, 1.807) is 0 Å². The van der Waals surface area contributed by atoms with Crippen LogP contribution < -0.4 is 0 Å². The second-order valence-corrected chi connectivity index (χ2v) is 14.1. The molecular formula is C51H33N5. The van der Waals surface area contributed by atoms with E-state index in [0.29, 0.717) is 17.5 Å². The standard InChI is InChI=1S/C51H33N5/c1-3-16-34(17-4-1)49-52-50(35-18-5-2-6-19-35)54-51(53-49)42-25-10-14-29-47(42)56-46-28-13-9-24-41(46)43-33-37(30-31-48(43)56)36-20-15-21-38(32-36)55-44-26-11-7-22-39(44)40-23-8-12-27-45(40)55/h1-33H. The summed E-state index contributed by atoms with van der Waals surface area (Å²) in [5.41, 5.74) is 11.9. The largest absolute Gasteiger partial charge is 0.309 e. The summed E-state index contributed by atoms with van der Waals surface area (Å²) in [6.07, 6.45) is 0. The molecule has 11 rings (SSSR count). The Kier molecular flexibility index (Phi) is 7.42. The Morgan fingerprint density at radius 2 is 0.750 bits per heavy atom. The number of rotatable bonds is 6. The number of benzene rings is 8. The van der Waals surface area contributed by atoms with Crippen molar-refractivity contribution < 1.29 is 0 Å². The van der Waals surface area contributed by atoms with Gasteiger partial charge in [0.25, 0.3) is 0 Å². The van der Waals surface area contributed by atoms with Gasteiger partial charge in [0, 0.05) is 43.9 Å². The fraction of sp³-hybridized carbons (Fsp3) is 0. The smallest absolute Gasteiger partial charge is 0.166 e. The van der Waals surface area contributed by atoms with Gasteiger partial charge >= 0.3 is 0 Å². The second kappa shape index (κ2) is 13.0. The summed E-state index contributed by atoms with van der Waals surface area (Å²) in [6.45, 7) is 0. The van der Waals surface area contributed by atoms with Crippen molar-refractivity contribution in [1.82, 2.24) is 24.1 Å². The van der Waals surface area contributed by atoms with Crippen LogP contribution in [0.4, 0.5) is 0 Å². The second-order valence-electron chi connectivity index (χ2n) is 14.1. The monoisotopic (exact) mass is 715 g/mol. The average molecular weight is 716 g/mol. The number of aromatic nitrogens is 5. The van der Waals surface area contributed by atoms with Gasteiger partial charge in [0.05, 0.1) is 27.8 Å². The zero-order valence-corrected chi connectivity index (χ0v) is 30.3. The molecule has 0 saturated carbocycles. The molecule has 11 aromatic rings. The van der Waals surface area contributed by atoms with Gasteiger partial charge < -0.3 is 9.13 Å². The highest BCUT2D eigenvalue weighted by Gasteiger charge is 2.20. The molecule has 8 aromatic carbocycles. The van der Waals surface area contributed by atoms with Crippen LogP contribution in [0.3, 0.4) is 0 Å². The highest BCUT2D eigenvalue weighted by atomic mass is 15.1. The van der Waals surface area contributed by atoms with E-state index in [-0.39, 0.29) is 0 Å². The SMILES string of the molecule is c1ccc(-c2nc(-c3ccccc3)nc(-c3ccccc3-n3c4ccccc4c4cc(-c5cccc(-n6c7ccccc7c7ccccc76)c5)ccc43)n2)cc1. The van der Waals surface area contributed by atoms with Gasteiger partial charge in [-0.3, -0.25) is 0 Å². The predicted octanol–water partition coefficient (Wildman–Crippen LogP) is 12.7. The molecule has 0 aliphatic heterocycles. The van der Waals surface area contributed by atoms with E-state index >= 15 is 0 Å². The van der Waals surface area contributed by atoms with Crippen LogP contribution in [0.2, 0.25) is 0 Å². The Balaban J connectivity index is 1.08. The van der Waals surface area contributed by atoms with Gasteiger partial charge in [-0.1, -0.05) is 146 Å². The predicted molar refractivity (Wildman–Crippen MR) is 230 cm³/mol. The third-order valence-electron chi connectivity index (χ3n) is 10.8. The van der Waals surface area contributed by atoms with Crippen molar-refractivity contribution in [3.05, 3.63) is 200 Å². The zero-order valence-electron chi connectivity index (χ0n) is 30.3. The highest BCUT2D eigenvalue weighted by molar-refractivity contribution is 6.11. The molecule has 0 saturated heterocycles. The van der Waals surface area contributed by atoms with E-state index in [0.717, 1.165) is 50.2 Å². The van der Waals surface area contributed by atoms with Gasteiger partial charge in [-0.15, -0.1) is 0 Å². The first-order valence-electron chi connectivity index (χ1n) is 18.9. The van der Waals surface area contributed by atoms with Gasteiger partial charge in [-0.05, 0) is 65.7 Å². The van der Waals surface area contributed by atoms with Crippen LogP contribution in [-0.4, -0.2) is 24.1 Å². The summed E-state index contributed by atoms with van der Waals surface area (Å²) in [7, 11) is 0. The van der Waals surface area contributed by atoms with Crippen molar-refractivity contribution in [1.29, 1.82) is 0 Å². The Labute approximate surface area is 323 Å². The van der Waals surface area contributed by atoms with E-state index in [1.807, 2.05) is 60.7 Å². The molecule has 5 nitrogen and oxygen atoms in total. The minimum absolute atomic E-state index is 0.623. The fourth-order valence-electron chi connectivity index (χ4n) is 8.22. The lowest BCUT2D eigenvalue weighted by Gasteiger charge is -2.15. The lowest BCUT2D eigenvalue weighted by Crippen LogP contribution is -2.03. The minimum atomic E-state index is 0.623. The van der Waals surface area contributed by atoms with Crippen LogP contribution in [0.5, 0.6) is 0 Å². The maximum absolute atomic E-state index is 5.11. The highest BCUT2D eigenvalue weighted by Crippen LogP contribution is 2.39. The van der Waals surface area contributed by atoms with Crippen LogP contribution in [0.1, 0.15) is 0 Å². The maximum atomic E-state index is 5.11. The summed E-state index contributed by atoms with van der Waals surface area (Å²) in [6, 6.07) is 70.4. The van der Waals surface area contributed by atoms with Crippen molar-refractivity contribution >= 4 is 43.6 Å². The van der Waals surface area contributed by atoms with Crippen molar-refractivity contribution in [2.45, 2.75) is 0 Å². The van der Waals surface area contributed by atoms with Gasteiger partial charge in [0.15, 0.2) is 17.5 Å². The van der Waals surface area contributed by atoms with Gasteiger partial charge in [-0.25, -0.2) is 15.0 Å². The van der Waals surface area contributed by atoms with Gasteiger partial charge in [0.1, 0.15) is 0 Å². The van der Waals surface area contributed by atoms with Crippen LogP contribution in [0.15, 0.2) is 200 Å². The molecule has 0 aliphatic carbocycles. The molecule has 3 aromatic heterocycles. The molecule has 3 heterocycles.